The van der Waals surface area contributed by atoms with Crippen molar-refractivity contribution in [2.24, 2.45) is 0 Å². The summed E-state index contributed by atoms with van der Waals surface area (Å²) in [6.45, 7) is 0. The van der Waals surface area contributed by atoms with Crippen LogP contribution in [-0.4, -0.2) is 81.8 Å². The summed E-state index contributed by atoms with van der Waals surface area (Å²) in [7, 11) is 0. The Morgan fingerprint density at radius 2 is 0.304 bits per heavy atom. The zero-order chi connectivity index (χ0) is 17.9. The Hall–Kier alpha value is -3.77. The maximum Gasteiger partial charge on any atom is 0.503 e. The molecule has 0 unspecified atom stereocenters. The normalized spacial score (nSPS) is 5.22. The molecule has 144 valence electrons. The maximum absolute atomic E-state index is 8.56. The van der Waals surface area contributed by atoms with Gasteiger partial charge in [0.05, 0.1) is 0 Å². The molecule has 0 bridgehead atoms. The number of hydrogen-bond donors (Lipinski definition) is 13. The van der Waals surface area contributed by atoms with E-state index in [1.165, 1.54) is 0 Å². The Bertz CT molecular complexity index is 214. The van der Waals surface area contributed by atoms with Crippen molar-refractivity contribution in [3.8, 4) is 0 Å². The molecule has 0 aromatic heterocycles. The van der Waals surface area contributed by atoms with Gasteiger partial charge >= 0.3 is 30.8 Å². The van der Waals surface area contributed by atoms with Crippen LogP contribution in [0, 0.1) is 0 Å². The van der Waals surface area contributed by atoms with Gasteiger partial charge in [0.1, 0.15) is 0 Å². The highest BCUT2D eigenvalue weighted by Gasteiger charge is 1.71. The van der Waals surface area contributed by atoms with Crippen molar-refractivity contribution in [3.05, 3.63) is 0 Å². The summed E-state index contributed by atoms with van der Waals surface area (Å²) in [5, 5.41) is 69.7. The Balaban J connectivity index is -0.0000000197. The van der Waals surface area contributed by atoms with Crippen LogP contribution in [0.3, 0.4) is 0 Å². The summed E-state index contributed by atoms with van der Waals surface area (Å²) in [5.74, 6) is 0. The third-order valence-electron chi connectivity index (χ3n) is 0. The minimum atomic E-state index is -1.83. The molecule has 0 atom stereocenters. The second-order valence-electron chi connectivity index (χ2n) is 1.41. The molecule has 19 N–H and O–H groups in total. The molecule has 0 aliphatic rings. The van der Waals surface area contributed by atoms with Crippen LogP contribution in [0.1, 0.15) is 0 Å². The number of rotatable bonds is 0. The number of hydrogen-bond acceptors (Lipinski definition) is 8. The molecule has 0 amide bonds. The van der Waals surface area contributed by atoms with Crippen molar-refractivity contribution in [2.75, 3.05) is 0 Å². The van der Waals surface area contributed by atoms with Gasteiger partial charge in [-0.3, -0.25) is 0 Å². The van der Waals surface area contributed by atoms with Crippen LogP contribution in [0.4, 0.5) is 24.0 Å². The first-order valence-corrected chi connectivity index (χ1v) is 3.26. The third kappa shape index (κ3) is 338. The van der Waals surface area contributed by atoms with E-state index in [2.05, 4.69) is 0 Å². The molecule has 0 rings (SSSR count). The molecule has 18 nitrogen and oxygen atoms in total. The van der Waals surface area contributed by atoms with Gasteiger partial charge in [-0.15, -0.1) is 0 Å². The fourth-order valence-corrected chi connectivity index (χ4v) is 0. The molecule has 0 heterocycles. The molecule has 0 aromatic carbocycles. The zero-order valence-electron chi connectivity index (χ0n) is 11.1. The quantitative estimate of drug-likeness (QED) is 0.291. The molecule has 0 saturated carbocycles. The van der Waals surface area contributed by atoms with Crippen LogP contribution >= 0.6 is 0 Å². The summed E-state index contributed by atoms with van der Waals surface area (Å²) >= 11 is 0. The van der Waals surface area contributed by atoms with Crippen LogP contribution in [0.25, 0.3) is 0 Å². The highest BCUT2D eigenvalue weighted by atomic mass is 16.6. The fourth-order valence-electron chi connectivity index (χ4n) is 0. The van der Waals surface area contributed by atoms with E-state index < -0.39 is 30.8 Å². The molecule has 0 fully saturated rings. The van der Waals surface area contributed by atoms with Gasteiger partial charge < -0.3 is 69.5 Å². The number of carbonyl (C=O) groups is 5. The van der Waals surface area contributed by atoms with Gasteiger partial charge in [-0.2, -0.15) is 0 Å². The van der Waals surface area contributed by atoms with Gasteiger partial charge in [-0.1, -0.05) is 0 Å². The molecule has 0 spiro atoms. The first-order chi connectivity index (χ1) is 8.66. The van der Waals surface area contributed by atoms with Crippen molar-refractivity contribution >= 4 is 30.8 Å². The Kier molecular flexibility index (Phi) is 94.6. The first-order valence-electron chi connectivity index (χ1n) is 3.26. The predicted octanol–water partition coefficient (Wildman–Crippen LogP) is 1.60. The second kappa shape index (κ2) is 42.9. The molecular formula is C5H19N3O15. The average molecular weight is 361 g/mol. The average Bonchev–Trinajstić information content (AvgIpc) is 1.94. The fraction of sp³-hybridized carbons (Fsp3) is 0. The summed E-state index contributed by atoms with van der Waals surface area (Å²) in [4.78, 5) is 42.8. The lowest BCUT2D eigenvalue weighted by Crippen LogP contribution is -1.81. The summed E-state index contributed by atoms with van der Waals surface area (Å²) in [6.07, 6.45) is -9.17. The van der Waals surface area contributed by atoms with Crippen molar-refractivity contribution in [1.82, 2.24) is 18.5 Å². The Morgan fingerprint density at radius 1 is 0.304 bits per heavy atom. The summed E-state index contributed by atoms with van der Waals surface area (Å²) < 4.78 is 0. The standard InChI is InChI=1S/5CH2O3.3H3N/c5*2-1(3)4;;;/h5*(H2,2,3,4);3*1H3. The van der Waals surface area contributed by atoms with E-state index in [0.29, 0.717) is 0 Å². The molecule has 0 aromatic rings. The first kappa shape index (κ1) is 50.7. The van der Waals surface area contributed by atoms with Crippen LogP contribution in [0.5, 0.6) is 0 Å². The smallest absolute Gasteiger partial charge is 0.450 e. The highest BCUT2D eigenvalue weighted by Crippen LogP contribution is 1.44. The molecule has 0 radical (unpaired) electrons. The topological polar surface area (TPSA) is 393 Å². The Morgan fingerprint density at radius 3 is 0.304 bits per heavy atom. The number of carboxylic acid groups (broad SMARTS) is 10. The van der Waals surface area contributed by atoms with Crippen LogP contribution in [0.15, 0.2) is 0 Å². The maximum atomic E-state index is 8.56. The SMILES string of the molecule is N.N.N.O=C(O)O.O=C(O)O.O=C(O)O.O=C(O)O.O=C(O)O. The molecule has 23 heavy (non-hydrogen) atoms. The van der Waals surface area contributed by atoms with E-state index in [1.807, 2.05) is 0 Å². The van der Waals surface area contributed by atoms with Crippen LogP contribution < -0.4 is 18.5 Å². The minimum absolute atomic E-state index is 0. The summed E-state index contributed by atoms with van der Waals surface area (Å²) in [6, 6.07) is 0. The van der Waals surface area contributed by atoms with E-state index in [-0.39, 0.29) is 18.5 Å². The Labute approximate surface area is 125 Å². The van der Waals surface area contributed by atoms with Gasteiger partial charge in [0, 0.05) is 0 Å². The van der Waals surface area contributed by atoms with Gasteiger partial charge in [0.15, 0.2) is 0 Å². The molecule has 18 heteroatoms. The predicted molar refractivity (Wildman–Crippen MR) is 68.3 cm³/mol. The molecule has 0 aliphatic heterocycles. The van der Waals surface area contributed by atoms with E-state index in [4.69, 9.17) is 75.0 Å². The van der Waals surface area contributed by atoms with Gasteiger partial charge in [0.2, 0.25) is 0 Å². The van der Waals surface area contributed by atoms with E-state index in [0.717, 1.165) is 0 Å². The minimum Gasteiger partial charge on any atom is -0.450 e. The van der Waals surface area contributed by atoms with Crippen LogP contribution in [-0.2, 0) is 0 Å². The second-order valence-corrected chi connectivity index (χ2v) is 1.41. The van der Waals surface area contributed by atoms with E-state index >= 15 is 0 Å². The van der Waals surface area contributed by atoms with E-state index in [1.54, 1.807) is 0 Å². The van der Waals surface area contributed by atoms with Gasteiger partial charge in [-0.05, 0) is 0 Å². The van der Waals surface area contributed by atoms with Crippen LogP contribution in [0.2, 0.25) is 0 Å². The largest absolute Gasteiger partial charge is 0.503 e. The van der Waals surface area contributed by atoms with Gasteiger partial charge in [0.25, 0.3) is 0 Å². The highest BCUT2D eigenvalue weighted by molar-refractivity contribution is 5.54. The zero-order valence-corrected chi connectivity index (χ0v) is 11.1. The van der Waals surface area contributed by atoms with Gasteiger partial charge in [-0.25, -0.2) is 24.0 Å². The molecule has 0 saturated heterocycles. The molecule has 0 aliphatic carbocycles. The lowest BCUT2D eigenvalue weighted by Gasteiger charge is -1.60. The summed E-state index contributed by atoms with van der Waals surface area (Å²) in [5.41, 5.74) is 0. The van der Waals surface area contributed by atoms with E-state index in [9.17, 15) is 0 Å². The van der Waals surface area contributed by atoms with Crippen molar-refractivity contribution < 1.29 is 75.0 Å². The van der Waals surface area contributed by atoms with Crippen molar-refractivity contribution in [2.45, 2.75) is 0 Å². The molecular weight excluding hydrogens is 342 g/mol. The van der Waals surface area contributed by atoms with Crippen molar-refractivity contribution in [1.29, 1.82) is 0 Å². The van der Waals surface area contributed by atoms with Crippen molar-refractivity contribution in [3.63, 3.8) is 0 Å². The lowest BCUT2D eigenvalue weighted by atomic mass is 11.5. The third-order valence-corrected chi connectivity index (χ3v) is 0. The monoisotopic (exact) mass is 361 g/mol. The lowest BCUT2D eigenvalue weighted by molar-refractivity contribution is 0.135.